The number of amides is 2. The van der Waals surface area contributed by atoms with Crippen molar-refractivity contribution < 1.29 is 9.18 Å². The van der Waals surface area contributed by atoms with Crippen LogP contribution < -0.4 is 10.9 Å². The molecule has 0 bridgehead atoms. The monoisotopic (exact) mass is 436 g/mol. The Kier molecular flexibility index (Phi) is 6.55. The molecule has 1 aliphatic rings. The van der Waals surface area contributed by atoms with Gasteiger partial charge in [-0.2, -0.15) is 0 Å². The third-order valence-corrected chi connectivity index (χ3v) is 6.18. The molecule has 2 heterocycles. The molecule has 2 aromatic carbocycles. The van der Waals surface area contributed by atoms with E-state index in [0.29, 0.717) is 12.1 Å². The number of nitrogens with one attached hydrogen (secondary N) is 2. The van der Waals surface area contributed by atoms with Crippen LogP contribution in [-0.4, -0.2) is 46.5 Å². The van der Waals surface area contributed by atoms with Crippen LogP contribution in [0.2, 0.25) is 0 Å². The van der Waals surface area contributed by atoms with Crippen LogP contribution in [0.5, 0.6) is 0 Å². The summed E-state index contributed by atoms with van der Waals surface area (Å²) in [5, 5.41) is 3.61. The molecule has 4 rings (SSSR count). The Morgan fingerprint density at radius 2 is 2.06 bits per heavy atom. The number of hydrogen-bond donors (Lipinski definition) is 2. The minimum absolute atomic E-state index is 0.129. The molecule has 2 amide bonds. The van der Waals surface area contributed by atoms with Gasteiger partial charge in [0.25, 0.3) is 5.56 Å². The van der Waals surface area contributed by atoms with Crippen molar-refractivity contribution in [1.82, 2.24) is 14.8 Å². The number of benzene rings is 2. The smallest absolute Gasteiger partial charge is 0.322 e. The summed E-state index contributed by atoms with van der Waals surface area (Å²) in [5.41, 5.74) is 2.27. The molecule has 1 saturated heterocycles. The molecule has 2 N–H and O–H groups in total. The maximum Gasteiger partial charge on any atom is 0.322 e. The van der Waals surface area contributed by atoms with E-state index >= 15 is 0 Å². The Morgan fingerprint density at radius 3 is 2.84 bits per heavy atom. The van der Waals surface area contributed by atoms with E-state index in [0.717, 1.165) is 42.4 Å². The summed E-state index contributed by atoms with van der Waals surface area (Å²) in [5.74, 6) is -0.490. The molecule has 1 fully saturated rings. The molecule has 32 heavy (non-hydrogen) atoms. The largest absolute Gasteiger partial charge is 0.322 e. The van der Waals surface area contributed by atoms with E-state index in [1.54, 1.807) is 17.0 Å². The maximum absolute atomic E-state index is 14.1. The number of carbonyl (C=O) groups is 1. The lowest BCUT2D eigenvalue weighted by atomic mass is 10.1. The van der Waals surface area contributed by atoms with Gasteiger partial charge in [-0.15, -0.1) is 0 Å². The van der Waals surface area contributed by atoms with E-state index in [1.165, 1.54) is 12.1 Å². The number of halogens is 1. The zero-order chi connectivity index (χ0) is 22.7. The highest BCUT2D eigenvalue weighted by molar-refractivity contribution is 5.89. The highest BCUT2D eigenvalue weighted by Gasteiger charge is 2.28. The lowest BCUT2D eigenvalue weighted by Gasteiger charge is -2.30. The van der Waals surface area contributed by atoms with E-state index in [2.05, 4.69) is 22.1 Å². The number of fused-ring (bicyclic) bond motifs is 1. The Morgan fingerprint density at radius 1 is 1.25 bits per heavy atom. The number of aromatic nitrogens is 1. The first kappa shape index (κ1) is 22.0. The van der Waals surface area contributed by atoms with E-state index in [9.17, 15) is 14.0 Å². The summed E-state index contributed by atoms with van der Waals surface area (Å²) >= 11 is 0. The van der Waals surface area contributed by atoms with Crippen molar-refractivity contribution in [3.8, 4) is 0 Å². The van der Waals surface area contributed by atoms with Gasteiger partial charge in [0.05, 0.1) is 12.2 Å². The van der Waals surface area contributed by atoms with Gasteiger partial charge in [0, 0.05) is 23.7 Å². The van der Waals surface area contributed by atoms with Gasteiger partial charge in [0.2, 0.25) is 0 Å². The fourth-order valence-corrected chi connectivity index (χ4v) is 4.44. The summed E-state index contributed by atoms with van der Waals surface area (Å²) in [7, 11) is 0. The second-order valence-corrected chi connectivity index (χ2v) is 8.43. The zero-order valence-electron chi connectivity index (χ0n) is 18.5. The van der Waals surface area contributed by atoms with Gasteiger partial charge in [-0.1, -0.05) is 30.7 Å². The molecule has 0 radical (unpaired) electrons. The third-order valence-electron chi connectivity index (χ3n) is 6.18. The van der Waals surface area contributed by atoms with Crippen LogP contribution in [0, 0.1) is 12.7 Å². The lowest BCUT2D eigenvalue weighted by molar-refractivity contribution is 0.174. The van der Waals surface area contributed by atoms with Crippen molar-refractivity contribution in [2.24, 2.45) is 0 Å². The van der Waals surface area contributed by atoms with Crippen molar-refractivity contribution in [3.05, 3.63) is 75.8 Å². The average Bonchev–Trinajstić information content (AvgIpc) is 3.22. The molecule has 6 nitrogen and oxygen atoms in total. The average molecular weight is 437 g/mol. The first-order valence-corrected chi connectivity index (χ1v) is 11.1. The molecule has 3 aromatic rings. The van der Waals surface area contributed by atoms with Crippen LogP contribution >= 0.6 is 0 Å². The van der Waals surface area contributed by atoms with E-state index < -0.39 is 11.8 Å². The lowest BCUT2D eigenvalue weighted by Crippen LogP contribution is -2.45. The fraction of sp³-hybridized carbons (Fsp3) is 0.360. The highest BCUT2D eigenvalue weighted by Crippen LogP contribution is 2.21. The molecule has 1 aromatic heterocycles. The van der Waals surface area contributed by atoms with Gasteiger partial charge in [0.15, 0.2) is 0 Å². The van der Waals surface area contributed by atoms with E-state index in [4.69, 9.17) is 0 Å². The predicted molar refractivity (Wildman–Crippen MR) is 125 cm³/mol. The number of rotatable bonds is 6. The topological polar surface area (TPSA) is 68.4 Å². The molecule has 0 spiro atoms. The second kappa shape index (κ2) is 9.53. The molecular formula is C25H29FN4O2. The molecule has 7 heteroatoms. The summed E-state index contributed by atoms with van der Waals surface area (Å²) < 4.78 is 14.1. The van der Waals surface area contributed by atoms with Crippen LogP contribution in [0.25, 0.3) is 10.9 Å². The number of aryl methyl sites for hydroxylation is 1. The van der Waals surface area contributed by atoms with Gasteiger partial charge in [-0.05, 0) is 68.6 Å². The Hall–Kier alpha value is -3.19. The molecule has 1 atom stereocenters. The molecular weight excluding hydrogens is 407 g/mol. The third kappa shape index (κ3) is 4.83. The van der Waals surface area contributed by atoms with Gasteiger partial charge in [-0.25, -0.2) is 9.18 Å². The van der Waals surface area contributed by atoms with Crippen LogP contribution in [0.3, 0.4) is 0 Å². The number of pyridine rings is 1. The van der Waals surface area contributed by atoms with Crippen LogP contribution in [0.15, 0.2) is 53.3 Å². The van der Waals surface area contributed by atoms with Crippen molar-refractivity contribution in [2.75, 3.05) is 25.0 Å². The Balaban J connectivity index is 1.63. The fourth-order valence-electron chi connectivity index (χ4n) is 4.44. The standard InChI is InChI=1S/C25H29FN4O2/c1-3-29-12-6-7-20(29)16-30(25(32)28-23-9-5-4-8-21(23)26)15-19-14-18-13-17(2)10-11-22(18)27-24(19)31/h4-5,8-11,13-14,20H,3,6-7,12,15-16H2,1-2H3,(H,27,31)(H,28,32). The van der Waals surface area contributed by atoms with Crippen LogP contribution in [0.4, 0.5) is 14.9 Å². The Bertz CT molecular complexity index is 1180. The highest BCUT2D eigenvalue weighted by atomic mass is 19.1. The number of H-pyrrole nitrogens is 1. The first-order chi connectivity index (χ1) is 15.4. The van der Waals surface area contributed by atoms with Crippen LogP contribution in [-0.2, 0) is 6.54 Å². The zero-order valence-corrected chi connectivity index (χ0v) is 18.5. The SMILES string of the molecule is CCN1CCCC1CN(Cc1cc2cc(C)ccc2[nH]c1=O)C(=O)Nc1ccccc1F. The summed E-state index contributed by atoms with van der Waals surface area (Å²) in [6, 6.07) is 13.6. The number of anilines is 1. The molecule has 1 unspecified atom stereocenters. The summed E-state index contributed by atoms with van der Waals surface area (Å²) in [6.45, 7) is 6.63. The molecule has 168 valence electrons. The number of nitrogens with zero attached hydrogens (tertiary/aromatic N) is 2. The Labute approximate surface area is 187 Å². The normalized spacial score (nSPS) is 16.4. The minimum atomic E-state index is -0.490. The number of aromatic amines is 1. The van der Waals surface area contributed by atoms with Gasteiger partial charge in [-0.3, -0.25) is 9.69 Å². The van der Waals surface area contributed by atoms with Gasteiger partial charge >= 0.3 is 6.03 Å². The molecule has 0 aliphatic carbocycles. The number of urea groups is 1. The minimum Gasteiger partial charge on any atom is -0.322 e. The molecule has 0 saturated carbocycles. The quantitative estimate of drug-likeness (QED) is 0.598. The number of likely N-dealkylation sites (N-methyl/N-ethyl adjacent to an activating group) is 1. The van der Waals surface area contributed by atoms with E-state index in [-0.39, 0.29) is 23.8 Å². The molecule has 1 aliphatic heterocycles. The maximum atomic E-state index is 14.1. The van der Waals surface area contributed by atoms with Crippen molar-refractivity contribution in [2.45, 2.75) is 39.3 Å². The number of hydrogen-bond acceptors (Lipinski definition) is 3. The van der Waals surface area contributed by atoms with Crippen molar-refractivity contribution >= 4 is 22.6 Å². The van der Waals surface area contributed by atoms with E-state index in [1.807, 2.05) is 31.2 Å². The van der Waals surface area contributed by atoms with Gasteiger partial charge < -0.3 is 15.2 Å². The number of para-hydroxylation sites is 1. The summed E-state index contributed by atoms with van der Waals surface area (Å²) in [4.78, 5) is 32.8. The predicted octanol–water partition coefficient (Wildman–Crippen LogP) is 4.49. The first-order valence-electron chi connectivity index (χ1n) is 11.1. The van der Waals surface area contributed by atoms with Crippen molar-refractivity contribution in [1.29, 1.82) is 0 Å². The number of likely N-dealkylation sites (tertiary alicyclic amines) is 1. The summed E-state index contributed by atoms with van der Waals surface area (Å²) in [6.07, 6.45) is 2.07. The van der Waals surface area contributed by atoms with Crippen molar-refractivity contribution in [3.63, 3.8) is 0 Å². The number of carbonyl (C=O) groups excluding carboxylic acids is 1. The van der Waals surface area contributed by atoms with Gasteiger partial charge in [0.1, 0.15) is 5.82 Å². The second-order valence-electron chi connectivity index (χ2n) is 8.43. The van der Waals surface area contributed by atoms with Crippen LogP contribution in [0.1, 0.15) is 30.9 Å².